The predicted octanol–water partition coefficient (Wildman–Crippen LogP) is 5.57. The van der Waals surface area contributed by atoms with Gasteiger partial charge in [-0.15, -0.1) is 11.3 Å². The molecule has 1 nitrogen and oxygen atoms in total. The maximum absolute atomic E-state index is 3.53. The van der Waals surface area contributed by atoms with Crippen LogP contribution in [0, 0.1) is 10.5 Å². The topological polar surface area (TPSA) is 12.0 Å². The van der Waals surface area contributed by atoms with Crippen molar-refractivity contribution in [1.82, 2.24) is 0 Å². The van der Waals surface area contributed by atoms with Gasteiger partial charge in [-0.3, -0.25) is 0 Å². The lowest BCUT2D eigenvalue weighted by Gasteiger charge is -2.15. The Labute approximate surface area is 133 Å². The van der Waals surface area contributed by atoms with Gasteiger partial charge in [0, 0.05) is 25.6 Å². The van der Waals surface area contributed by atoms with Crippen LogP contribution in [0.1, 0.15) is 36.1 Å². The van der Waals surface area contributed by atoms with Crippen LogP contribution in [0.5, 0.6) is 0 Å². The summed E-state index contributed by atoms with van der Waals surface area (Å²) in [6.45, 7) is 9.85. The highest BCUT2D eigenvalue weighted by Crippen LogP contribution is 2.30. The standard InChI is InChI=1S/C16H20INS/c1-11-9-12(17)5-7-14(11)18-10-13-6-8-15(19-13)16(2,3)4/h5-9,18H,10H2,1-4H3. The molecule has 0 aliphatic rings. The minimum atomic E-state index is 0.252. The first-order valence-electron chi connectivity index (χ1n) is 6.45. The summed E-state index contributed by atoms with van der Waals surface area (Å²) in [6, 6.07) is 11.0. The molecule has 0 saturated carbocycles. The molecule has 0 saturated heterocycles. The predicted molar refractivity (Wildman–Crippen MR) is 94.2 cm³/mol. The zero-order chi connectivity index (χ0) is 14.0. The van der Waals surface area contributed by atoms with E-state index < -0.39 is 0 Å². The van der Waals surface area contributed by atoms with Crippen LogP contribution in [0.2, 0.25) is 0 Å². The second-order valence-corrected chi connectivity index (χ2v) is 8.24. The number of anilines is 1. The first kappa shape index (κ1) is 14.9. The van der Waals surface area contributed by atoms with E-state index in [4.69, 9.17) is 0 Å². The largest absolute Gasteiger partial charge is 0.380 e. The average molecular weight is 385 g/mol. The van der Waals surface area contributed by atoms with Crippen molar-refractivity contribution in [3.05, 3.63) is 49.2 Å². The van der Waals surface area contributed by atoms with Crippen LogP contribution in [0.25, 0.3) is 0 Å². The lowest BCUT2D eigenvalue weighted by atomic mass is 9.95. The maximum atomic E-state index is 3.53. The minimum absolute atomic E-state index is 0.252. The van der Waals surface area contributed by atoms with E-state index in [9.17, 15) is 0 Å². The van der Waals surface area contributed by atoms with Gasteiger partial charge in [-0.1, -0.05) is 20.8 Å². The average Bonchev–Trinajstić information content (AvgIpc) is 2.76. The van der Waals surface area contributed by atoms with Gasteiger partial charge in [0.1, 0.15) is 0 Å². The molecule has 0 fully saturated rings. The Bertz CT molecular complexity index is 566. The number of hydrogen-bond donors (Lipinski definition) is 1. The van der Waals surface area contributed by atoms with Crippen LogP contribution < -0.4 is 5.32 Å². The van der Waals surface area contributed by atoms with E-state index in [2.05, 4.69) is 85.9 Å². The molecule has 0 bridgehead atoms. The minimum Gasteiger partial charge on any atom is -0.380 e. The highest BCUT2D eigenvalue weighted by molar-refractivity contribution is 14.1. The number of aryl methyl sites for hydroxylation is 1. The molecule has 102 valence electrons. The monoisotopic (exact) mass is 385 g/mol. The van der Waals surface area contributed by atoms with Crippen LogP contribution in [0.15, 0.2) is 30.3 Å². The zero-order valence-corrected chi connectivity index (χ0v) is 14.9. The summed E-state index contributed by atoms with van der Waals surface area (Å²) < 4.78 is 1.28. The molecule has 1 N–H and O–H groups in total. The summed E-state index contributed by atoms with van der Waals surface area (Å²) in [4.78, 5) is 2.84. The van der Waals surface area contributed by atoms with Crippen molar-refractivity contribution in [3.8, 4) is 0 Å². The van der Waals surface area contributed by atoms with Crippen molar-refractivity contribution >= 4 is 39.6 Å². The summed E-state index contributed by atoms with van der Waals surface area (Å²) in [6.07, 6.45) is 0. The molecule has 19 heavy (non-hydrogen) atoms. The molecule has 1 aromatic carbocycles. The van der Waals surface area contributed by atoms with Crippen molar-refractivity contribution in [2.24, 2.45) is 0 Å². The molecule has 0 spiro atoms. The number of rotatable bonds is 3. The van der Waals surface area contributed by atoms with Gasteiger partial charge < -0.3 is 5.32 Å². The van der Waals surface area contributed by atoms with E-state index >= 15 is 0 Å². The third-order valence-corrected chi connectivity index (χ3v) is 5.22. The Morgan fingerprint density at radius 1 is 1.16 bits per heavy atom. The highest BCUT2D eigenvalue weighted by atomic mass is 127. The Morgan fingerprint density at radius 3 is 2.47 bits per heavy atom. The van der Waals surface area contributed by atoms with Gasteiger partial charge in [0.2, 0.25) is 0 Å². The number of benzene rings is 1. The molecule has 1 aromatic heterocycles. The van der Waals surface area contributed by atoms with Crippen molar-refractivity contribution in [3.63, 3.8) is 0 Å². The number of hydrogen-bond acceptors (Lipinski definition) is 2. The normalized spacial score (nSPS) is 11.6. The second kappa shape index (κ2) is 5.83. The van der Waals surface area contributed by atoms with Gasteiger partial charge in [-0.25, -0.2) is 0 Å². The number of thiophene rings is 1. The van der Waals surface area contributed by atoms with Gasteiger partial charge in [-0.05, 0) is 70.8 Å². The van der Waals surface area contributed by atoms with E-state index in [0.29, 0.717) is 0 Å². The van der Waals surface area contributed by atoms with Gasteiger partial charge in [0.25, 0.3) is 0 Å². The lowest BCUT2D eigenvalue weighted by molar-refractivity contribution is 0.604. The fourth-order valence-corrected chi connectivity index (χ4v) is 3.54. The van der Waals surface area contributed by atoms with E-state index in [1.165, 1.54) is 24.6 Å². The maximum Gasteiger partial charge on any atom is 0.0494 e. The fourth-order valence-electron chi connectivity index (χ4n) is 1.88. The van der Waals surface area contributed by atoms with Crippen molar-refractivity contribution < 1.29 is 0 Å². The van der Waals surface area contributed by atoms with Crippen LogP contribution >= 0.6 is 33.9 Å². The molecule has 0 aliphatic heterocycles. The van der Waals surface area contributed by atoms with E-state index in [-0.39, 0.29) is 5.41 Å². The lowest BCUT2D eigenvalue weighted by Crippen LogP contribution is -2.07. The van der Waals surface area contributed by atoms with Crippen LogP contribution in [-0.2, 0) is 12.0 Å². The van der Waals surface area contributed by atoms with Gasteiger partial charge in [-0.2, -0.15) is 0 Å². The summed E-state index contributed by atoms with van der Waals surface area (Å²) in [7, 11) is 0. The Morgan fingerprint density at radius 2 is 1.89 bits per heavy atom. The van der Waals surface area contributed by atoms with Crippen molar-refractivity contribution in [1.29, 1.82) is 0 Å². The molecule has 0 unspecified atom stereocenters. The zero-order valence-electron chi connectivity index (χ0n) is 11.9. The first-order valence-corrected chi connectivity index (χ1v) is 8.35. The molecule has 0 radical (unpaired) electrons. The van der Waals surface area contributed by atoms with E-state index in [1.54, 1.807) is 0 Å². The molecule has 1 heterocycles. The smallest absolute Gasteiger partial charge is 0.0494 e. The molecular weight excluding hydrogens is 365 g/mol. The Kier molecular flexibility index (Phi) is 4.56. The summed E-state index contributed by atoms with van der Waals surface area (Å²) in [5.41, 5.74) is 2.78. The SMILES string of the molecule is Cc1cc(I)ccc1NCc1ccc(C(C)(C)C)s1. The number of nitrogens with one attached hydrogen (secondary N) is 1. The molecule has 0 amide bonds. The molecule has 0 atom stereocenters. The summed E-state index contributed by atoms with van der Waals surface area (Å²) >= 11 is 4.25. The Hall–Kier alpha value is -0.550. The van der Waals surface area contributed by atoms with Gasteiger partial charge >= 0.3 is 0 Å². The molecule has 2 rings (SSSR count). The third kappa shape index (κ3) is 3.96. The molecule has 2 aromatic rings. The van der Waals surface area contributed by atoms with Crippen LogP contribution in [-0.4, -0.2) is 0 Å². The second-order valence-electron chi connectivity index (χ2n) is 5.83. The van der Waals surface area contributed by atoms with Crippen LogP contribution in [0.4, 0.5) is 5.69 Å². The molecule has 0 aliphatic carbocycles. The van der Waals surface area contributed by atoms with Gasteiger partial charge in [0.15, 0.2) is 0 Å². The highest BCUT2D eigenvalue weighted by Gasteiger charge is 2.15. The fraction of sp³-hybridized carbons (Fsp3) is 0.375. The van der Waals surface area contributed by atoms with Gasteiger partial charge in [0.05, 0.1) is 0 Å². The third-order valence-electron chi connectivity index (χ3n) is 3.04. The molecular formula is C16H20INS. The molecule has 3 heteroatoms. The van der Waals surface area contributed by atoms with E-state index in [0.717, 1.165) is 6.54 Å². The summed E-state index contributed by atoms with van der Waals surface area (Å²) in [5.74, 6) is 0. The first-order chi connectivity index (χ1) is 8.86. The van der Waals surface area contributed by atoms with Crippen molar-refractivity contribution in [2.75, 3.05) is 5.32 Å². The summed E-state index contributed by atoms with van der Waals surface area (Å²) in [5, 5.41) is 3.53. The van der Waals surface area contributed by atoms with E-state index in [1.807, 2.05) is 11.3 Å². The van der Waals surface area contributed by atoms with Crippen molar-refractivity contribution in [2.45, 2.75) is 39.7 Å². The Balaban J connectivity index is 2.04. The van der Waals surface area contributed by atoms with Crippen LogP contribution in [0.3, 0.4) is 0 Å². The number of halogens is 1. The quantitative estimate of drug-likeness (QED) is 0.681.